The van der Waals surface area contributed by atoms with Crippen LogP contribution in [0.2, 0.25) is 0 Å². The minimum Gasteiger partial charge on any atom is -0.368 e. The van der Waals surface area contributed by atoms with Gasteiger partial charge in [-0.3, -0.25) is 14.3 Å². The highest BCUT2D eigenvalue weighted by Crippen LogP contribution is 2.22. The quantitative estimate of drug-likeness (QED) is 0.705. The summed E-state index contributed by atoms with van der Waals surface area (Å²) in [7, 11) is 0. The molecule has 4 rings (SSSR count). The number of hydrogen-bond acceptors (Lipinski definition) is 5. The lowest BCUT2D eigenvalue weighted by Gasteiger charge is -2.37. The first-order valence-corrected chi connectivity index (χ1v) is 8.79. The average molecular weight is 371 g/mol. The Morgan fingerprint density at radius 3 is 2.30 bits per heavy atom. The number of alkyl halides is 2. The van der Waals surface area contributed by atoms with Crippen molar-refractivity contribution in [3.05, 3.63) is 59.4 Å². The molecular weight excluding hydrogens is 352 g/mol. The van der Waals surface area contributed by atoms with Gasteiger partial charge in [0.1, 0.15) is 0 Å². The fourth-order valence-electron chi connectivity index (χ4n) is 3.40. The van der Waals surface area contributed by atoms with Gasteiger partial charge in [0.15, 0.2) is 0 Å². The lowest BCUT2D eigenvalue weighted by Crippen LogP contribution is -2.46. The van der Waals surface area contributed by atoms with E-state index in [9.17, 15) is 13.6 Å². The van der Waals surface area contributed by atoms with Crippen LogP contribution in [0.5, 0.6) is 0 Å². The Morgan fingerprint density at radius 2 is 1.63 bits per heavy atom. The fraction of sp³-hybridized carbons (Fsp3) is 0.316. The van der Waals surface area contributed by atoms with E-state index in [4.69, 9.17) is 0 Å². The highest BCUT2D eigenvalue weighted by molar-refractivity contribution is 5.81. The molecule has 6 nitrogen and oxygen atoms in total. The Hall–Kier alpha value is -3.03. The van der Waals surface area contributed by atoms with Gasteiger partial charge < -0.3 is 9.80 Å². The van der Waals surface area contributed by atoms with Gasteiger partial charge in [0.25, 0.3) is 12.0 Å². The molecule has 140 valence electrons. The van der Waals surface area contributed by atoms with E-state index in [-0.39, 0.29) is 0 Å². The van der Waals surface area contributed by atoms with Crippen molar-refractivity contribution in [3.8, 4) is 0 Å². The minimum atomic E-state index is -2.59. The second-order valence-electron chi connectivity index (χ2n) is 6.47. The number of aromatic nitrogens is 3. The van der Waals surface area contributed by atoms with E-state index in [2.05, 4.69) is 19.8 Å². The molecule has 1 aromatic carbocycles. The number of hydrogen-bond donors (Lipinski definition) is 0. The summed E-state index contributed by atoms with van der Waals surface area (Å²) in [5.41, 5.74) is 2.23. The normalized spacial score (nSPS) is 14.9. The molecule has 0 N–H and O–H groups in total. The highest BCUT2D eigenvalue weighted by atomic mass is 19.3. The van der Waals surface area contributed by atoms with Gasteiger partial charge in [-0.05, 0) is 30.3 Å². The Bertz CT molecular complexity index is 984. The molecule has 3 heterocycles. The van der Waals surface area contributed by atoms with Crippen molar-refractivity contribution in [1.82, 2.24) is 14.5 Å². The summed E-state index contributed by atoms with van der Waals surface area (Å²) < 4.78 is 26.1. The van der Waals surface area contributed by atoms with Gasteiger partial charge in [-0.25, -0.2) is 13.8 Å². The van der Waals surface area contributed by atoms with Crippen LogP contribution in [0.1, 0.15) is 0 Å². The topological polar surface area (TPSA) is 54.3 Å². The summed E-state index contributed by atoms with van der Waals surface area (Å²) in [5.74, 6) is 0. The van der Waals surface area contributed by atoms with Crippen LogP contribution in [-0.2, 0) is 6.54 Å². The van der Waals surface area contributed by atoms with Crippen LogP contribution in [0.25, 0.3) is 10.9 Å². The first kappa shape index (κ1) is 17.4. The summed E-state index contributed by atoms with van der Waals surface area (Å²) in [6.45, 7) is 2.81. The molecule has 0 spiro atoms. The van der Waals surface area contributed by atoms with E-state index >= 15 is 0 Å². The summed E-state index contributed by atoms with van der Waals surface area (Å²) in [4.78, 5) is 25.1. The van der Waals surface area contributed by atoms with Gasteiger partial charge in [0.05, 0.1) is 23.8 Å². The molecule has 1 fully saturated rings. The molecule has 3 aromatic rings. The maximum Gasteiger partial charge on any atom is 0.261 e. The van der Waals surface area contributed by atoms with Crippen molar-refractivity contribution in [2.24, 2.45) is 0 Å². The number of halogens is 2. The first-order chi connectivity index (χ1) is 13.1. The summed E-state index contributed by atoms with van der Waals surface area (Å²) >= 11 is 0. The molecule has 27 heavy (non-hydrogen) atoms. The molecule has 0 bridgehead atoms. The third-order valence-electron chi connectivity index (χ3n) is 4.82. The summed E-state index contributed by atoms with van der Waals surface area (Å²) in [6.07, 6.45) is 2.19. The van der Waals surface area contributed by atoms with Crippen LogP contribution in [0.15, 0.2) is 53.8 Å². The Balaban J connectivity index is 1.52. The van der Waals surface area contributed by atoms with Crippen LogP contribution in [0.3, 0.4) is 0 Å². The molecule has 2 aromatic heterocycles. The standard InChI is InChI=1S/C19H19F2N5O/c20-18(21)12-26-13-23-17-11-15(1-2-16(17)19(26)27)25-9-7-24(8-10-25)14-3-5-22-6-4-14/h1-6,11,13,18H,7-10,12H2. The van der Waals surface area contributed by atoms with Crippen LogP contribution in [0.4, 0.5) is 20.2 Å². The predicted octanol–water partition coefficient (Wildman–Crippen LogP) is 2.38. The van der Waals surface area contributed by atoms with Gasteiger partial charge in [0.2, 0.25) is 0 Å². The molecule has 0 aliphatic carbocycles. The van der Waals surface area contributed by atoms with E-state index in [0.717, 1.165) is 42.1 Å². The zero-order valence-electron chi connectivity index (χ0n) is 14.6. The smallest absolute Gasteiger partial charge is 0.261 e. The number of piperazine rings is 1. The number of nitrogens with zero attached hydrogens (tertiary/aromatic N) is 5. The number of rotatable bonds is 4. The Kier molecular flexibility index (Phi) is 4.70. The molecule has 0 amide bonds. The molecular formula is C19H19F2N5O. The van der Waals surface area contributed by atoms with E-state index in [1.165, 1.54) is 6.33 Å². The molecule has 1 aliphatic heterocycles. The Labute approximate surface area is 154 Å². The molecule has 1 saturated heterocycles. The van der Waals surface area contributed by atoms with Gasteiger partial charge in [-0.15, -0.1) is 0 Å². The van der Waals surface area contributed by atoms with E-state index in [1.807, 2.05) is 24.3 Å². The zero-order chi connectivity index (χ0) is 18.8. The highest BCUT2D eigenvalue weighted by Gasteiger charge is 2.18. The summed E-state index contributed by atoms with van der Waals surface area (Å²) in [6, 6.07) is 9.39. The first-order valence-electron chi connectivity index (χ1n) is 8.79. The van der Waals surface area contributed by atoms with Crippen LogP contribution >= 0.6 is 0 Å². The van der Waals surface area contributed by atoms with Crippen molar-refractivity contribution >= 4 is 22.3 Å². The lowest BCUT2D eigenvalue weighted by atomic mass is 10.2. The van der Waals surface area contributed by atoms with E-state index in [0.29, 0.717) is 10.9 Å². The van der Waals surface area contributed by atoms with Gasteiger partial charge in [-0.1, -0.05) is 0 Å². The largest absolute Gasteiger partial charge is 0.368 e. The van der Waals surface area contributed by atoms with Crippen molar-refractivity contribution < 1.29 is 8.78 Å². The predicted molar refractivity (Wildman–Crippen MR) is 101 cm³/mol. The summed E-state index contributed by atoms with van der Waals surface area (Å²) in [5, 5.41) is 0.359. The number of pyridine rings is 1. The van der Waals surface area contributed by atoms with Crippen molar-refractivity contribution in [1.29, 1.82) is 0 Å². The monoisotopic (exact) mass is 371 g/mol. The Morgan fingerprint density at radius 1 is 0.963 bits per heavy atom. The second-order valence-corrected chi connectivity index (χ2v) is 6.47. The number of benzene rings is 1. The molecule has 0 unspecified atom stereocenters. The lowest BCUT2D eigenvalue weighted by molar-refractivity contribution is 0.125. The third kappa shape index (κ3) is 3.60. The van der Waals surface area contributed by atoms with Crippen molar-refractivity contribution in [2.75, 3.05) is 36.0 Å². The molecule has 0 saturated carbocycles. The second kappa shape index (κ2) is 7.30. The van der Waals surface area contributed by atoms with Gasteiger partial charge in [0, 0.05) is 49.9 Å². The number of anilines is 2. The molecule has 0 radical (unpaired) electrons. The van der Waals surface area contributed by atoms with Crippen LogP contribution < -0.4 is 15.4 Å². The molecule has 0 atom stereocenters. The molecule has 1 aliphatic rings. The van der Waals surface area contributed by atoms with Crippen LogP contribution in [-0.4, -0.2) is 47.1 Å². The minimum absolute atomic E-state index is 0.359. The van der Waals surface area contributed by atoms with E-state index < -0.39 is 18.5 Å². The average Bonchev–Trinajstić information content (AvgIpc) is 2.70. The SMILES string of the molecule is O=c1c2ccc(N3CCN(c4ccncc4)CC3)cc2ncn1CC(F)F. The fourth-order valence-corrected chi connectivity index (χ4v) is 3.40. The van der Waals surface area contributed by atoms with E-state index in [1.54, 1.807) is 18.5 Å². The van der Waals surface area contributed by atoms with Crippen LogP contribution in [0, 0.1) is 0 Å². The van der Waals surface area contributed by atoms with Crippen molar-refractivity contribution in [3.63, 3.8) is 0 Å². The molecule has 8 heteroatoms. The van der Waals surface area contributed by atoms with Gasteiger partial charge >= 0.3 is 0 Å². The maximum atomic E-state index is 12.6. The zero-order valence-corrected chi connectivity index (χ0v) is 14.6. The maximum absolute atomic E-state index is 12.6. The third-order valence-corrected chi connectivity index (χ3v) is 4.82. The van der Waals surface area contributed by atoms with Crippen molar-refractivity contribution in [2.45, 2.75) is 13.0 Å². The number of fused-ring (bicyclic) bond motifs is 1. The van der Waals surface area contributed by atoms with Gasteiger partial charge in [-0.2, -0.15) is 0 Å².